The number of halogens is 1. The molecular formula is C33H20BrN3O3S. The summed E-state index contributed by atoms with van der Waals surface area (Å²) < 4.78 is 8.35. The third-order valence-electron chi connectivity index (χ3n) is 6.77. The van der Waals surface area contributed by atoms with Crippen molar-refractivity contribution in [3.05, 3.63) is 129 Å². The molecule has 0 saturated carbocycles. The molecule has 41 heavy (non-hydrogen) atoms. The van der Waals surface area contributed by atoms with E-state index in [1.54, 1.807) is 18.2 Å². The molecule has 0 unspecified atom stereocenters. The van der Waals surface area contributed by atoms with Gasteiger partial charge in [0.2, 0.25) is 0 Å². The summed E-state index contributed by atoms with van der Waals surface area (Å²) in [6, 6.07) is 34.4. The predicted octanol–water partition coefficient (Wildman–Crippen LogP) is 8.57. The number of thiazole rings is 1. The van der Waals surface area contributed by atoms with Crippen molar-refractivity contribution in [2.75, 3.05) is 0 Å². The number of hydrogen-bond acceptors (Lipinski definition) is 6. The average Bonchev–Trinajstić information content (AvgIpc) is 3.64. The normalized spacial score (nSPS) is 11.2. The fourth-order valence-electron chi connectivity index (χ4n) is 4.87. The highest BCUT2D eigenvalue weighted by Crippen LogP contribution is 2.42. The number of hydrogen-bond donors (Lipinski definition) is 1. The number of para-hydroxylation sites is 1. The van der Waals surface area contributed by atoms with E-state index in [4.69, 9.17) is 14.4 Å². The fraction of sp³-hybridized carbons (Fsp3) is 0. The van der Waals surface area contributed by atoms with Crippen LogP contribution in [-0.2, 0) is 0 Å². The second kappa shape index (κ2) is 10.3. The summed E-state index contributed by atoms with van der Waals surface area (Å²) in [6.45, 7) is 0. The lowest BCUT2D eigenvalue weighted by atomic mass is 10.0. The first-order valence-electron chi connectivity index (χ1n) is 12.8. The molecule has 0 fully saturated rings. The SMILES string of the molecule is O=c1oc2ccccc2cc1-c1csc(-n2c(-c3cc(Br)ccc3O)nc(-c3ccccc3)c2-c2ccccc2)n1. The Hall–Kier alpha value is -4.79. The smallest absolute Gasteiger partial charge is 0.345 e. The van der Waals surface area contributed by atoms with Gasteiger partial charge in [-0.15, -0.1) is 11.3 Å². The number of imidazole rings is 1. The number of phenols is 1. The van der Waals surface area contributed by atoms with Crippen molar-refractivity contribution < 1.29 is 9.52 Å². The molecule has 3 aromatic heterocycles. The average molecular weight is 619 g/mol. The maximum atomic E-state index is 13.0. The van der Waals surface area contributed by atoms with Gasteiger partial charge in [-0.2, -0.15) is 0 Å². The number of aromatic hydroxyl groups is 1. The molecule has 3 heterocycles. The molecule has 8 heteroatoms. The highest BCUT2D eigenvalue weighted by atomic mass is 79.9. The van der Waals surface area contributed by atoms with Crippen LogP contribution in [0.1, 0.15) is 0 Å². The van der Waals surface area contributed by atoms with E-state index < -0.39 is 5.63 Å². The number of rotatable bonds is 5. The van der Waals surface area contributed by atoms with Crippen LogP contribution in [0.25, 0.3) is 61.3 Å². The zero-order valence-corrected chi connectivity index (χ0v) is 23.8. The van der Waals surface area contributed by atoms with Crippen molar-refractivity contribution in [3.63, 3.8) is 0 Å². The van der Waals surface area contributed by atoms with Crippen molar-refractivity contribution in [3.8, 4) is 56.0 Å². The van der Waals surface area contributed by atoms with Gasteiger partial charge >= 0.3 is 5.63 Å². The monoisotopic (exact) mass is 617 g/mol. The number of nitrogens with zero attached hydrogens (tertiary/aromatic N) is 3. The molecule has 0 spiro atoms. The minimum Gasteiger partial charge on any atom is -0.507 e. The standard InChI is InChI=1S/C33H20BrN3O3S/c34-23-15-16-27(38)25(18-23)31-36-29(20-9-3-1-4-10-20)30(21-11-5-2-6-12-21)37(31)33-35-26(19-41-33)24-17-22-13-7-8-14-28(22)40-32(24)39/h1-19,38H. The van der Waals surface area contributed by atoms with Gasteiger partial charge in [0.25, 0.3) is 0 Å². The quantitative estimate of drug-likeness (QED) is 0.196. The first kappa shape index (κ1) is 25.2. The van der Waals surface area contributed by atoms with Crippen LogP contribution >= 0.6 is 27.3 Å². The first-order chi connectivity index (χ1) is 20.1. The number of aromatic nitrogens is 3. The second-order valence-corrected chi connectivity index (χ2v) is 11.1. The first-order valence-corrected chi connectivity index (χ1v) is 14.5. The van der Waals surface area contributed by atoms with E-state index in [2.05, 4.69) is 15.9 Å². The van der Waals surface area contributed by atoms with Gasteiger partial charge < -0.3 is 9.52 Å². The lowest BCUT2D eigenvalue weighted by Gasteiger charge is -2.12. The molecule has 0 aliphatic rings. The Balaban J connectivity index is 1.52. The molecular weight excluding hydrogens is 598 g/mol. The lowest BCUT2D eigenvalue weighted by Crippen LogP contribution is -2.04. The molecule has 0 aliphatic carbocycles. The maximum Gasteiger partial charge on any atom is 0.345 e. The number of benzene rings is 4. The molecule has 4 aromatic carbocycles. The number of fused-ring (bicyclic) bond motifs is 1. The Morgan fingerprint density at radius 1 is 0.780 bits per heavy atom. The Morgan fingerprint density at radius 2 is 1.49 bits per heavy atom. The van der Waals surface area contributed by atoms with Crippen LogP contribution in [0.2, 0.25) is 0 Å². The van der Waals surface area contributed by atoms with Gasteiger partial charge in [-0.05, 0) is 30.3 Å². The van der Waals surface area contributed by atoms with Gasteiger partial charge in [0.1, 0.15) is 11.3 Å². The zero-order chi connectivity index (χ0) is 27.9. The fourth-order valence-corrected chi connectivity index (χ4v) is 6.06. The summed E-state index contributed by atoms with van der Waals surface area (Å²) in [6.07, 6.45) is 0. The molecule has 0 atom stereocenters. The largest absolute Gasteiger partial charge is 0.507 e. The predicted molar refractivity (Wildman–Crippen MR) is 166 cm³/mol. The maximum absolute atomic E-state index is 13.0. The van der Waals surface area contributed by atoms with Gasteiger partial charge in [-0.25, -0.2) is 14.8 Å². The van der Waals surface area contributed by atoms with Gasteiger partial charge in [0.05, 0.1) is 28.2 Å². The highest BCUT2D eigenvalue weighted by Gasteiger charge is 2.26. The van der Waals surface area contributed by atoms with Crippen molar-refractivity contribution in [1.29, 1.82) is 0 Å². The van der Waals surface area contributed by atoms with E-state index in [-0.39, 0.29) is 5.75 Å². The van der Waals surface area contributed by atoms with Crippen LogP contribution in [-0.4, -0.2) is 19.6 Å². The number of phenolic OH excluding ortho intramolecular Hbond substituents is 1. The molecule has 0 saturated heterocycles. The molecule has 7 rings (SSSR count). The summed E-state index contributed by atoms with van der Waals surface area (Å²) in [4.78, 5) is 23.0. The lowest BCUT2D eigenvalue weighted by molar-refractivity contribution is 0.476. The second-order valence-electron chi connectivity index (χ2n) is 9.36. The molecule has 1 N–H and O–H groups in total. The van der Waals surface area contributed by atoms with Crippen molar-refractivity contribution >= 4 is 38.2 Å². The zero-order valence-electron chi connectivity index (χ0n) is 21.4. The van der Waals surface area contributed by atoms with E-state index in [0.29, 0.717) is 33.4 Å². The molecule has 6 nitrogen and oxygen atoms in total. The highest BCUT2D eigenvalue weighted by molar-refractivity contribution is 9.10. The van der Waals surface area contributed by atoms with Crippen molar-refractivity contribution in [1.82, 2.24) is 14.5 Å². The van der Waals surface area contributed by atoms with E-state index in [9.17, 15) is 9.90 Å². The third-order valence-corrected chi connectivity index (χ3v) is 8.09. The molecule has 7 aromatic rings. The summed E-state index contributed by atoms with van der Waals surface area (Å²) in [5.41, 5.74) is 4.91. The van der Waals surface area contributed by atoms with Crippen LogP contribution in [0.15, 0.2) is 128 Å². The third kappa shape index (κ3) is 4.57. The summed E-state index contributed by atoms with van der Waals surface area (Å²) in [5, 5.41) is 14.2. The van der Waals surface area contributed by atoms with Crippen LogP contribution in [0.5, 0.6) is 5.75 Å². The summed E-state index contributed by atoms with van der Waals surface area (Å²) >= 11 is 4.93. The van der Waals surface area contributed by atoms with Crippen LogP contribution in [0.3, 0.4) is 0 Å². The van der Waals surface area contributed by atoms with E-state index in [0.717, 1.165) is 32.4 Å². The Kier molecular flexibility index (Phi) is 6.34. The molecule has 0 bridgehead atoms. The van der Waals surface area contributed by atoms with Gasteiger partial charge in [0, 0.05) is 26.4 Å². The minimum atomic E-state index is -0.454. The summed E-state index contributed by atoms with van der Waals surface area (Å²) in [5.74, 6) is 0.610. The Bertz CT molecular complexity index is 2100. The Labute approximate surface area is 247 Å². The van der Waals surface area contributed by atoms with Gasteiger partial charge in [-0.3, -0.25) is 4.57 Å². The van der Waals surface area contributed by atoms with E-state index in [1.807, 2.05) is 101 Å². The van der Waals surface area contributed by atoms with Gasteiger partial charge in [-0.1, -0.05) is 94.8 Å². The molecule has 198 valence electrons. The molecule has 0 amide bonds. The van der Waals surface area contributed by atoms with Crippen molar-refractivity contribution in [2.24, 2.45) is 0 Å². The molecule has 0 radical (unpaired) electrons. The van der Waals surface area contributed by atoms with Gasteiger partial charge in [0.15, 0.2) is 11.0 Å². The topological polar surface area (TPSA) is 81.2 Å². The summed E-state index contributed by atoms with van der Waals surface area (Å²) in [7, 11) is 0. The van der Waals surface area contributed by atoms with E-state index in [1.165, 1.54) is 11.3 Å². The molecule has 0 aliphatic heterocycles. The van der Waals surface area contributed by atoms with Crippen LogP contribution in [0, 0.1) is 0 Å². The van der Waals surface area contributed by atoms with E-state index >= 15 is 0 Å². The van der Waals surface area contributed by atoms with Crippen LogP contribution in [0.4, 0.5) is 0 Å². The minimum absolute atomic E-state index is 0.0885. The van der Waals surface area contributed by atoms with Crippen LogP contribution < -0.4 is 5.63 Å². The Morgan fingerprint density at radius 3 is 2.27 bits per heavy atom. The van der Waals surface area contributed by atoms with Crippen molar-refractivity contribution in [2.45, 2.75) is 0 Å².